The van der Waals surface area contributed by atoms with Gasteiger partial charge in [0.05, 0.1) is 17.1 Å². The molecule has 4 rings (SSSR count). The Balaban J connectivity index is 0.00000380. The van der Waals surface area contributed by atoms with Crippen molar-refractivity contribution in [3.05, 3.63) is 100.0 Å². The minimum absolute atomic E-state index is 0. The molecule has 4 aromatic rings. The molecule has 0 saturated heterocycles. The van der Waals surface area contributed by atoms with Gasteiger partial charge in [0, 0.05) is 12.7 Å². The second-order valence-electron chi connectivity index (χ2n) is 8.89. The molecule has 0 radical (unpaired) electrons. The first-order valence-electron chi connectivity index (χ1n) is 11.3. The number of nitrogens with zero attached hydrogens (tertiary/aromatic N) is 2. The van der Waals surface area contributed by atoms with Gasteiger partial charge < -0.3 is 5.73 Å². The van der Waals surface area contributed by atoms with Crippen molar-refractivity contribution < 1.29 is 19.0 Å². The number of anilines is 1. The molecule has 1 aromatic heterocycles. The van der Waals surface area contributed by atoms with Crippen LogP contribution in [-0.4, -0.2) is 24.1 Å². The highest BCUT2D eigenvalue weighted by Crippen LogP contribution is 2.26. The van der Waals surface area contributed by atoms with E-state index in [9.17, 15) is 17.6 Å². The number of hydrogen-bond acceptors (Lipinski definition) is 5. The standard InChI is InChI=1S/C27H27FN4O3S.H2/c1-16-11-18(3)23(19(4)12-16)15-32-25(14-24(30-32)22-10-5-7-17(2)26(22)28)27(33)31-36(34,35)21-9-6-8-20(29)13-21;/h5-14H,15,29H2,1-4H3,(H,31,33);1H. The zero-order valence-corrected chi connectivity index (χ0v) is 21.3. The van der Waals surface area contributed by atoms with Gasteiger partial charge in [-0.2, -0.15) is 5.10 Å². The van der Waals surface area contributed by atoms with E-state index in [1.807, 2.05) is 32.9 Å². The fraction of sp³-hybridized carbons (Fsp3) is 0.185. The second-order valence-corrected chi connectivity index (χ2v) is 10.6. The Hall–Kier alpha value is -3.98. The van der Waals surface area contributed by atoms with Crippen molar-refractivity contribution in [2.75, 3.05) is 5.73 Å². The number of nitrogen functional groups attached to an aromatic ring is 1. The fourth-order valence-corrected chi connectivity index (χ4v) is 5.24. The van der Waals surface area contributed by atoms with Gasteiger partial charge in [-0.1, -0.05) is 35.9 Å². The predicted octanol–water partition coefficient (Wildman–Crippen LogP) is 4.92. The lowest BCUT2D eigenvalue weighted by Crippen LogP contribution is -2.32. The van der Waals surface area contributed by atoms with Gasteiger partial charge in [0.15, 0.2) is 0 Å². The van der Waals surface area contributed by atoms with Crippen molar-refractivity contribution in [2.45, 2.75) is 39.1 Å². The molecular formula is C27H29FN4O3S. The highest BCUT2D eigenvalue weighted by atomic mass is 32.2. The lowest BCUT2D eigenvalue weighted by molar-refractivity contribution is 0.0971. The highest BCUT2D eigenvalue weighted by molar-refractivity contribution is 7.90. The van der Waals surface area contributed by atoms with Crippen LogP contribution in [0.4, 0.5) is 10.1 Å². The first-order chi connectivity index (χ1) is 17.0. The van der Waals surface area contributed by atoms with Crippen LogP contribution in [0.1, 0.15) is 39.7 Å². The summed E-state index contributed by atoms with van der Waals surface area (Å²) in [6.07, 6.45) is 0. The van der Waals surface area contributed by atoms with E-state index in [0.29, 0.717) is 5.56 Å². The molecule has 1 amide bonds. The summed E-state index contributed by atoms with van der Waals surface area (Å²) in [7, 11) is -4.21. The number of nitrogens with two attached hydrogens (primary N) is 1. The Bertz CT molecular complexity index is 1580. The van der Waals surface area contributed by atoms with Crippen molar-refractivity contribution >= 4 is 21.6 Å². The summed E-state index contributed by atoms with van der Waals surface area (Å²) in [6.45, 7) is 7.76. The molecule has 1 heterocycles. The van der Waals surface area contributed by atoms with Crippen LogP contribution in [0.5, 0.6) is 0 Å². The Morgan fingerprint density at radius 3 is 2.33 bits per heavy atom. The number of hydrogen-bond donors (Lipinski definition) is 2. The number of benzene rings is 3. The SMILES string of the molecule is Cc1cc(C)c(Cn2nc(-c3cccc(C)c3F)cc2C(=O)NS(=O)(=O)c2cccc(N)c2)c(C)c1.[HH]. The van der Waals surface area contributed by atoms with Gasteiger partial charge in [-0.25, -0.2) is 17.5 Å². The molecule has 36 heavy (non-hydrogen) atoms. The molecule has 0 aliphatic rings. The van der Waals surface area contributed by atoms with E-state index in [1.54, 1.807) is 31.2 Å². The minimum Gasteiger partial charge on any atom is -0.399 e. The summed E-state index contributed by atoms with van der Waals surface area (Å²) in [6, 6.07) is 16.0. The number of rotatable bonds is 6. The fourth-order valence-electron chi connectivity index (χ4n) is 4.22. The molecule has 0 atom stereocenters. The lowest BCUT2D eigenvalue weighted by Gasteiger charge is -2.14. The van der Waals surface area contributed by atoms with Gasteiger partial charge >= 0.3 is 0 Å². The van der Waals surface area contributed by atoms with Crippen LogP contribution < -0.4 is 10.5 Å². The number of aryl methyl sites for hydroxylation is 4. The van der Waals surface area contributed by atoms with Gasteiger partial charge in [-0.05, 0) is 80.3 Å². The molecule has 3 N–H and O–H groups in total. The zero-order valence-electron chi connectivity index (χ0n) is 20.5. The van der Waals surface area contributed by atoms with Crippen LogP contribution in [0.2, 0.25) is 0 Å². The first kappa shape index (κ1) is 25.1. The molecule has 0 aliphatic heterocycles. The highest BCUT2D eigenvalue weighted by Gasteiger charge is 2.24. The van der Waals surface area contributed by atoms with Crippen molar-refractivity contribution in [1.29, 1.82) is 0 Å². The topological polar surface area (TPSA) is 107 Å². The first-order valence-corrected chi connectivity index (χ1v) is 12.8. The third-order valence-corrected chi connectivity index (χ3v) is 7.35. The number of aromatic nitrogens is 2. The molecule has 0 unspecified atom stereocenters. The largest absolute Gasteiger partial charge is 0.399 e. The number of nitrogens with one attached hydrogen (secondary N) is 1. The van der Waals surface area contributed by atoms with E-state index in [4.69, 9.17) is 5.73 Å². The summed E-state index contributed by atoms with van der Waals surface area (Å²) in [4.78, 5) is 13.1. The van der Waals surface area contributed by atoms with Crippen LogP contribution in [0.3, 0.4) is 0 Å². The Morgan fingerprint density at radius 2 is 1.67 bits per heavy atom. The van der Waals surface area contributed by atoms with Crippen molar-refractivity contribution in [3.63, 3.8) is 0 Å². The Labute approximate surface area is 211 Å². The molecule has 0 bridgehead atoms. The van der Waals surface area contributed by atoms with E-state index in [1.165, 1.54) is 28.9 Å². The van der Waals surface area contributed by atoms with Crippen LogP contribution in [-0.2, 0) is 16.6 Å². The number of halogens is 1. The maximum absolute atomic E-state index is 14.9. The summed E-state index contributed by atoms with van der Waals surface area (Å²) in [5.74, 6) is -1.34. The summed E-state index contributed by atoms with van der Waals surface area (Å²) in [5.41, 5.74) is 10.9. The lowest BCUT2D eigenvalue weighted by atomic mass is 10.00. The molecule has 7 nitrogen and oxygen atoms in total. The maximum atomic E-state index is 14.9. The van der Waals surface area contributed by atoms with Crippen molar-refractivity contribution in [1.82, 2.24) is 14.5 Å². The van der Waals surface area contributed by atoms with Crippen LogP contribution >= 0.6 is 0 Å². The van der Waals surface area contributed by atoms with Crippen molar-refractivity contribution in [3.8, 4) is 11.3 Å². The summed E-state index contributed by atoms with van der Waals surface area (Å²) < 4.78 is 44.2. The average molecular weight is 509 g/mol. The zero-order chi connectivity index (χ0) is 26.2. The van der Waals surface area contributed by atoms with E-state index in [0.717, 1.165) is 22.3 Å². The monoisotopic (exact) mass is 508 g/mol. The van der Waals surface area contributed by atoms with Gasteiger partial charge in [0.1, 0.15) is 11.5 Å². The number of amides is 1. The quantitative estimate of drug-likeness (QED) is 0.360. The van der Waals surface area contributed by atoms with E-state index >= 15 is 0 Å². The summed E-state index contributed by atoms with van der Waals surface area (Å²) in [5, 5.41) is 4.52. The third-order valence-electron chi connectivity index (χ3n) is 6.02. The Kier molecular flexibility index (Phi) is 6.69. The van der Waals surface area contributed by atoms with Crippen LogP contribution in [0.15, 0.2) is 65.6 Å². The van der Waals surface area contributed by atoms with Gasteiger partial charge in [-0.15, -0.1) is 0 Å². The van der Waals surface area contributed by atoms with Gasteiger partial charge in [0.2, 0.25) is 0 Å². The van der Waals surface area contributed by atoms with Crippen LogP contribution in [0, 0.1) is 33.5 Å². The van der Waals surface area contributed by atoms with Gasteiger partial charge in [0.25, 0.3) is 15.9 Å². The van der Waals surface area contributed by atoms with E-state index < -0.39 is 21.7 Å². The number of carbonyl (C=O) groups is 1. The second kappa shape index (κ2) is 9.58. The molecule has 3 aromatic carbocycles. The molecule has 0 fully saturated rings. The predicted molar refractivity (Wildman–Crippen MR) is 140 cm³/mol. The summed E-state index contributed by atoms with van der Waals surface area (Å²) >= 11 is 0. The van der Waals surface area contributed by atoms with E-state index in [2.05, 4.69) is 9.82 Å². The molecule has 0 saturated carbocycles. The minimum atomic E-state index is -4.21. The molecule has 188 valence electrons. The van der Waals surface area contributed by atoms with Crippen LogP contribution in [0.25, 0.3) is 11.3 Å². The molecule has 0 spiro atoms. The third kappa shape index (κ3) is 5.01. The average Bonchev–Trinajstić information content (AvgIpc) is 3.21. The smallest absolute Gasteiger partial charge is 0.283 e. The Morgan fingerprint density at radius 1 is 1.00 bits per heavy atom. The van der Waals surface area contributed by atoms with Crippen molar-refractivity contribution in [2.24, 2.45) is 0 Å². The van der Waals surface area contributed by atoms with E-state index in [-0.39, 0.29) is 35.5 Å². The molecular weight excluding hydrogens is 479 g/mol. The van der Waals surface area contributed by atoms with Gasteiger partial charge in [-0.3, -0.25) is 9.48 Å². The maximum Gasteiger partial charge on any atom is 0.283 e. The number of carbonyl (C=O) groups excluding carboxylic acids is 1. The molecule has 0 aliphatic carbocycles. The number of sulfonamides is 1. The molecule has 9 heteroatoms. The normalized spacial score (nSPS) is 11.5.